The summed E-state index contributed by atoms with van der Waals surface area (Å²) in [5.74, 6) is -0.432. The molecule has 1 fully saturated rings. The molecule has 0 amide bonds. The van der Waals surface area contributed by atoms with Gasteiger partial charge in [-0.3, -0.25) is 14.1 Å². The number of aromatic nitrogens is 2. The van der Waals surface area contributed by atoms with Crippen molar-refractivity contribution < 1.29 is 14.3 Å². The molecule has 0 spiro atoms. The van der Waals surface area contributed by atoms with Crippen molar-refractivity contribution in [1.29, 1.82) is 0 Å². The van der Waals surface area contributed by atoms with Crippen LogP contribution in [0.4, 0.5) is 0 Å². The number of aryl methyl sites for hydroxylation is 2. The standard InChI is InChI=1S/C24H27N3O4S/c1-16-4-5-17(2)19(14-16)6-7-20-18(3)22(28)27-15-21(32-24(27)25-20)23(29)31-13-10-26-8-11-30-12-9-26/h4-7,14-15H,8-13H2,1-3H3. The fourth-order valence-corrected chi connectivity index (χ4v) is 4.45. The summed E-state index contributed by atoms with van der Waals surface area (Å²) < 4.78 is 12.2. The van der Waals surface area contributed by atoms with E-state index in [1.54, 1.807) is 6.92 Å². The SMILES string of the molecule is Cc1ccc(C)c(C=Cc2nc3sc(C(=O)OCCN4CCOCC4)cn3c(=O)c2C)c1. The molecule has 8 heteroatoms. The number of thiazole rings is 1. The molecule has 168 valence electrons. The number of morpholine rings is 1. The number of fused-ring (bicyclic) bond motifs is 1. The molecule has 1 aliphatic heterocycles. The molecule has 3 heterocycles. The van der Waals surface area contributed by atoms with Gasteiger partial charge in [-0.2, -0.15) is 0 Å². The Kier molecular flexibility index (Phi) is 6.83. The van der Waals surface area contributed by atoms with E-state index in [1.807, 2.05) is 26.0 Å². The van der Waals surface area contributed by atoms with E-state index in [-0.39, 0.29) is 5.56 Å². The van der Waals surface area contributed by atoms with Crippen LogP contribution in [-0.4, -0.2) is 59.7 Å². The Morgan fingerprint density at radius 3 is 2.78 bits per heavy atom. The van der Waals surface area contributed by atoms with Crippen LogP contribution in [0, 0.1) is 20.8 Å². The van der Waals surface area contributed by atoms with Gasteiger partial charge in [0, 0.05) is 31.4 Å². The van der Waals surface area contributed by atoms with Crippen molar-refractivity contribution in [2.24, 2.45) is 0 Å². The molecule has 4 rings (SSSR count). The van der Waals surface area contributed by atoms with E-state index in [2.05, 4.69) is 28.1 Å². The molecule has 32 heavy (non-hydrogen) atoms. The van der Waals surface area contributed by atoms with Gasteiger partial charge < -0.3 is 9.47 Å². The summed E-state index contributed by atoms with van der Waals surface area (Å²) in [6.45, 7) is 9.93. The van der Waals surface area contributed by atoms with Crippen LogP contribution >= 0.6 is 11.3 Å². The Labute approximate surface area is 190 Å². The largest absolute Gasteiger partial charge is 0.460 e. The Bertz CT molecular complexity index is 1220. The quantitative estimate of drug-likeness (QED) is 0.533. The van der Waals surface area contributed by atoms with E-state index in [1.165, 1.54) is 27.5 Å². The van der Waals surface area contributed by atoms with Crippen LogP contribution in [0.1, 0.15) is 37.6 Å². The lowest BCUT2D eigenvalue weighted by atomic mass is 10.0. The highest BCUT2D eigenvalue weighted by molar-refractivity contribution is 7.18. The van der Waals surface area contributed by atoms with Gasteiger partial charge in [0.25, 0.3) is 5.56 Å². The lowest BCUT2D eigenvalue weighted by Gasteiger charge is -2.26. The Hall–Kier alpha value is -2.81. The summed E-state index contributed by atoms with van der Waals surface area (Å²) in [7, 11) is 0. The first kappa shape index (κ1) is 22.4. The van der Waals surface area contributed by atoms with Crippen LogP contribution in [0.15, 0.2) is 29.2 Å². The van der Waals surface area contributed by atoms with E-state index in [0.717, 1.165) is 24.2 Å². The van der Waals surface area contributed by atoms with Crippen molar-refractivity contribution in [1.82, 2.24) is 14.3 Å². The van der Waals surface area contributed by atoms with E-state index in [4.69, 9.17) is 9.47 Å². The van der Waals surface area contributed by atoms with Gasteiger partial charge in [-0.15, -0.1) is 0 Å². The minimum atomic E-state index is -0.432. The number of esters is 1. The van der Waals surface area contributed by atoms with E-state index >= 15 is 0 Å². The average molecular weight is 454 g/mol. The monoisotopic (exact) mass is 453 g/mol. The van der Waals surface area contributed by atoms with Crippen molar-refractivity contribution >= 4 is 34.4 Å². The summed E-state index contributed by atoms with van der Waals surface area (Å²) in [5, 5.41) is 0. The zero-order valence-electron chi connectivity index (χ0n) is 18.6. The number of rotatable bonds is 6. The Balaban J connectivity index is 1.51. The van der Waals surface area contributed by atoms with E-state index in [0.29, 0.717) is 47.5 Å². The summed E-state index contributed by atoms with van der Waals surface area (Å²) in [4.78, 5) is 33.0. The van der Waals surface area contributed by atoms with Crippen LogP contribution in [-0.2, 0) is 9.47 Å². The van der Waals surface area contributed by atoms with Crippen LogP contribution < -0.4 is 5.56 Å². The molecule has 0 unspecified atom stereocenters. The minimum Gasteiger partial charge on any atom is -0.460 e. The Morgan fingerprint density at radius 1 is 1.22 bits per heavy atom. The molecule has 0 aliphatic carbocycles. The van der Waals surface area contributed by atoms with Gasteiger partial charge in [0.2, 0.25) is 0 Å². The summed E-state index contributed by atoms with van der Waals surface area (Å²) >= 11 is 1.17. The van der Waals surface area contributed by atoms with Crippen LogP contribution in [0.25, 0.3) is 17.1 Å². The molecule has 0 saturated carbocycles. The van der Waals surface area contributed by atoms with Crippen LogP contribution in [0.3, 0.4) is 0 Å². The number of carbonyl (C=O) groups excluding carboxylic acids is 1. The highest BCUT2D eigenvalue weighted by Crippen LogP contribution is 2.19. The van der Waals surface area contributed by atoms with Gasteiger partial charge in [0.05, 0.1) is 18.9 Å². The zero-order chi connectivity index (χ0) is 22.7. The second-order valence-electron chi connectivity index (χ2n) is 7.96. The zero-order valence-corrected chi connectivity index (χ0v) is 19.4. The van der Waals surface area contributed by atoms with E-state index in [9.17, 15) is 9.59 Å². The van der Waals surface area contributed by atoms with Crippen molar-refractivity contribution in [2.75, 3.05) is 39.5 Å². The van der Waals surface area contributed by atoms with Crippen molar-refractivity contribution in [2.45, 2.75) is 20.8 Å². The molecule has 0 bridgehead atoms. The van der Waals surface area contributed by atoms with Crippen LogP contribution in [0.5, 0.6) is 0 Å². The number of ether oxygens (including phenoxy) is 2. The molecule has 0 N–H and O–H groups in total. The first-order valence-electron chi connectivity index (χ1n) is 10.7. The van der Waals surface area contributed by atoms with Crippen molar-refractivity contribution in [3.8, 4) is 0 Å². The molecule has 0 radical (unpaired) electrons. The Morgan fingerprint density at radius 2 is 2.00 bits per heavy atom. The van der Waals surface area contributed by atoms with Gasteiger partial charge in [-0.1, -0.05) is 41.2 Å². The number of hydrogen-bond donors (Lipinski definition) is 0. The molecule has 0 atom stereocenters. The second kappa shape index (κ2) is 9.77. The smallest absolute Gasteiger partial charge is 0.350 e. The molecular formula is C24H27N3O4S. The van der Waals surface area contributed by atoms with Gasteiger partial charge in [-0.05, 0) is 38.0 Å². The van der Waals surface area contributed by atoms with Gasteiger partial charge in [0.1, 0.15) is 11.5 Å². The third kappa shape index (κ3) is 4.98. The minimum absolute atomic E-state index is 0.181. The number of hydrogen-bond acceptors (Lipinski definition) is 7. The third-order valence-electron chi connectivity index (χ3n) is 5.59. The van der Waals surface area contributed by atoms with Crippen molar-refractivity contribution in [3.63, 3.8) is 0 Å². The normalized spacial score (nSPS) is 15.0. The summed E-state index contributed by atoms with van der Waals surface area (Å²) in [6, 6.07) is 6.24. The molecule has 1 aliphatic rings. The maximum absolute atomic E-state index is 12.9. The van der Waals surface area contributed by atoms with Crippen molar-refractivity contribution in [3.05, 3.63) is 67.6 Å². The second-order valence-corrected chi connectivity index (χ2v) is 8.97. The highest BCUT2D eigenvalue weighted by Gasteiger charge is 2.17. The molecule has 1 saturated heterocycles. The molecule has 7 nitrogen and oxygen atoms in total. The summed E-state index contributed by atoms with van der Waals surface area (Å²) in [6.07, 6.45) is 5.36. The van der Waals surface area contributed by atoms with Gasteiger partial charge >= 0.3 is 5.97 Å². The maximum Gasteiger partial charge on any atom is 0.350 e. The topological polar surface area (TPSA) is 73.1 Å². The fourth-order valence-electron chi connectivity index (χ4n) is 3.57. The van der Waals surface area contributed by atoms with Gasteiger partial charge in [-0.25, -0.2) is 9.78 Å². The number of nitrogens with zero attached hydrogens (tertiary/aromatic N) is 3. The van der Waals surface area contributed by atoms with E-state index < -0.39 is 5.97 Å². The molecule has 3 aromatic rings. The fraction of sp³-hybridized carbons (Fsp3) is 0.375. The molecular weight excluding hydrogens is 426 g/mol. The van der Waals surface area contributed by atoms with Crippen LogP contribution in [0.2, 0.25) is 0 Å². The number of carbonyl (C=O) groups is 1. The molecule has 2 aromatic heterocycles. The lowest BCUT2D eigenvalue weighted by molar-refractivity contribution is 0.0197. The lowest BCUT2D eigenvalue weighted by Crippen LogP contribution is -2.38. The number of benzene rings is 1. The average Bonchev–Trinajstić information content (AvgIpc) is 3.22. The first-order chi connectivity index (χ1) is 15.4. The third-order valence-corrected chi connectivity index (χ3v) is 6.56. The predicted molar refractivity (Wildman–Crippen MR) is 126 cm³/mol. The maximum atomic E-state index is 12.9. The summed E-state index contributed by atoms with van der Waals surface area (Å²) in [5.41, 5.74) is 4.37. The predicted octanol–water partition coefficient (Wildman–Crippen LogP) is 3.34. The highest BCUT2D eigenvalue weighted by atomic mass is 32.1. The molecule has 1 aromatic carbocycles. The first-order valence-corrected chi connectivity index (χ1v) is 11.5. The van der Waals surface area contributed by atoms with Gasteiger partial charge in [0.15, 0.2) is 4.96 Å².